The first-order chi connectivity index (χ1) is 9.45. The summed E-state index contributed by atoms with van der Waals surface area (Å²) in [5, 5.41) is 10.6. The Kier molecular flexibility index (Phi) is 4.34. The molecule has 2 rings (SSSR count). The van der Waals surface area contributed by atoms with Gasteiger partial charge in [0.05, 0.1) is 23.6 Å². The van der Waals surface area contributed by atoms with E-state index in [1.165, 1.54) is 12.1 Å². The lowest BCUT2D eigenvalue weighted by Crippen LogP contribution is -2.48. The Morgan fingerprint density at radius 2 is 1.85 bits per heavy atom. The standard InChI is InChI=1S/C14H18N2O4/c1-10-8-15(9-11(2)20-10)14(17)7-12-3-5-13(6-4-12)16(18)19/h3-6,10-11H,7-9H2,1-2H3/t10-,11+. The number of carbonyl (C=O) groups excluding carboxylic acids is 1. The summed E-state index contributed by atoms with van der Waals surface area (Å²) >= 11 is 0. The summed E-state index contributed by atoms with van der Waals surface area (Å²) in [7, 11) is 0. The lowest BCUT2D eigenvalue weighted by atomic mass is 10.1. The van der Waals surface area contributed by atoms with Crippen LogP contribution in [-0.2, 0) is 16.0 Å². The van der Waals surface area contributed by atoms with Gasteiger partial charge in [0.25, 0.3) is 5.69 Å². The third-order valence-corrected chi connectivity index (χ3v) is 3.27. The maximum Gasteiger partial charge on any atom is 0.269 e. The van der Waals surface area contributed by atoms with E-state index in [-0.39, 0.29) is 30.2 Å². The second-order valence-corrected chi connectivity index (χ2v) is 5.16. The van der Waals surface area contributed by atoms with E-state index in [1.54, 1.807) is 17.0 Å². The van der Waals surface area contributed by atoms with Gasteiger partial charge in [-0.3, -0.25) is 14.9 Å². The zero-order valence-electron chi connectivity index (χ0n) is 11.6. The van der Waals surface area contributed by atoms with Crippen molar-refractivity contribution in [3.8, 4) is 0 Å². The summed E-state index contributed by atoms with van der Waals surface area (Å²) in [4.78, 5) is 24.1. The smallest absolute Gasteiger partial charge is 0.269 e. The van der Waals surface area contributed by atoms with Crippen molar-refractivity contribution in [2.75, 3.05) is 13.1 Å². The summed E-state index contributed by atoms with van der Waals surface area (Å²) in [6.07, 6.45) is 0.344. The van der Waals surface area contributed by atoms with E-state index < -0.39 is 4.92 Å². The average Bonchev–Trinajstić information content (AvgIpc) is 2.38. The van der Waals surface area contributed by atoms with Gasteiger partial charge < -0.3 is 9.64 Å². The van der Waals surface area contributed by atoms with Crippen LogP contribution < -0.4 is 0 Å². The monoisotopic (exact) mass is 278 g/mol. The Hall–Kier alpha value is -1.95. The number of nitro benzene ring substituents is 1. The third kappa shape index (κ3) is 3.54. The van der Waals surface area contributed by atoms with Crippen molar-refractivity contribution in [3.05, 3.63) is 39.9 Å². The predicted molar refractivity (Wildman–Crippen MR) is 73.4 cm³/mol. The van der Waals surface area contributed by atoms with Crippen LogP contribution in [0.25, 0.3) is 0 Å². The minimum Gasteiger partial charge on any atom is -0.372 e. The molecule has 1 aliphatic rings. The van der Waals surface area contributed by atoms with Gasteiger partial charge in [0.1, 0.15) is 0 Å². The van der Waals surface area contributed by atoms with Crippen LogP contribution in [-0.4, -0.2) is 41.0 Å². The van der Waals surface area contributed by atoms with Crippen molar-refractivity contribution in [2.45, 2.75) is 32.5 Å². The van der Waals surface area contributed by atoms with Crippen molar-refractivity contribution >= 4 is 11.6 Å². The van der Waals surface area contributed by atoms with Crippen LogP contribution in [0.5, 0.6) is 0 Å². The molecular formula is C14H18N2O4. The highest BCUT2D eigenvalue weighted by Gasteiger charge is 2.25. The van der Waals surface area contributed by atoms with Crippen molar-refractivity contribution in [2.24, 2.45) is 0 Å². The number of amides is 1. The van der Waals surface area contributed by atoms with Gasteiger partial charge in [0.2, 0.25) is 5.91 Å². The molecule has 0 unspecified atom stereocenters. The van der Waals surface area contributed by atoms with Gasteiger partial charge in [-0.1, -0.05) is 12.1 Å². The lowest BCUT2D eigenvalue weighted by Gasteiger charge is -2.35. The summed E-state index contributed by atoms with van der Waals surface area (Å²) in [5.74, 6) is 0.0286. The topological polar surface area (TPSA) is 72.7 Å². The largest absolute Gasteiger partial charge is 0.372 e. The Morgan fingerprint density at radius 1 is 1.30 bits per heavy atom. The number of nitro groups is 1. The molecule has 20 heavy (non-hydrogen) atoms. The fourth-order valence-electron chi connectivity index (χ4n) is 2.40. The van der Waals surface area contributed by atoms with Gasteiger partial charge in [0.15, 0.2) is 0 Å². The molecule has 0 aliphatic carbocycles. The van der Waals surface area contributed by atoms with Crippen LogP contribution in [0.2, 0.25) is 0 Å². The number of non-ortho nitro benzene ring substituents is 1. The van der Waals surface area contributed by atoms with Crippen molar-refractivity contribution in [1.82, 2.24) is 4.90 Å². The zero-order chi connectivity index (χ0) is 14.7. The first-order valence-electron chi connectivity index (χ1n) is 6.62. The summed E-state index contributed by atoms with van der Waals surface area (Å²) in [6, 6.07) is 6.10. The number of hydrogen-bond donors (Lipinski definition) is 0. The Bertz CT molecular complexity index is 490. The molecule has 1 fully saturated rings. The number of hydrogen-bond acceptors (Lipinski definition) is 4. The highest BCUT2D eigenvalue weighted by molar-refractivity contribution is 5.79. The van der Waals surface area contributed by atoms with Gasteiger partial charge >= 0.3 is 0 Å². The first-order valence-corrected chi connectivity index (χ1v) is 6.62. The van der Waals surface area contributed by atoms with Gasteiger partial charge in [-0.25, -0.2) is 0 Å². The third-order valence-electron chi connectivity index (χ3n) is 3.27. The molecular weight excluding hydrogens is 260 g/mol. The second kappa shape index (κ2) is 6.00. The van der Waals surface area contributed by atoms with Gasteiger partial charge in [0, 0.05) is 25.2 Å². The summed E-state index contributed by atoms with van der Waals surface area (Å²) in [5.41, 5.74) is 0.821. The van der Waals surface area contributed by atoms with Crippen molar-refractivity contribution < 1.29 is 14.5 Å². The van der Waals surface area contributed by atoms with Crippen molar-refractivity contribution in [1.29, 1.82) is 0 Å². The van der Waals surface area contributed by atoms with Crippen LogP contribution in [0, 0.1) is 10.1 Å². The Morgan fingerprint density at radius 3 is 2.35 bits per heavy atom. The normalized spacial score (nSPS) is 22.6. The molecule has 6 heteroatoms. The number of nitrogens with zero attached hydrogens (tertiary/aromatic N) is 2. The zero-order valence-corrected chi connectivity index (χ0v) is 11.6. The fourth-order valence-corrected chi connectivity index (χ4v) is 2.40. The van der Waals surface area contributed by atoms with Crippen LogP contribution in [0.3, 0.4) is 0 Å². The van der Waals surface area contributed by atoms with Crippen LogP contribution >= 0.6 is 0 Å². The number of ether oxygens (including phenoxy) is 1. The highest BCUT2D eigenvalue weighted by Crippen LogP contribution is 2.15. The minimum absolute atomic E-state index is 0.0286. The van der Waals surface area contributed by atoms with E-state index in [2.05, 4.69) is 0 Å². The van der Waals surface area contributed by atoms with Gasteiger partial charge in [-0.05, 0) is 19.4 Å². The number of rotatable bonds is 3. The lowest BCUT2D eigenvalue weighted by molar-refractivity contribution is -0.384. The van der Waals surface area contributed by atoms with Gasteiger partial charge in [-0.2, -0.15) is 0 Å². The van der Waals surface area contributed by atoms with E-state index >= 15 is 0 Å². The van der Waals surface area contributed by atoms with Crippen LogP contribution in [0.4, 0.5) is 5.69 Å². The molecule has 1 aliphatic heterocycles. The summed E-state index contributed by atoms with van der Waals surface area (Å²) < 4.78 is 5.59. The van der Waals surface area contributed by atoms with E-state index in [0.717, 1.165) is 5.56 Å². The fraction of sp³-hybridized carbons (Fsp3) is 0.500. The SMILES string of the molecule is C[C@@H]1CN(C(=O)Cc2ccc([N+](=O)[O-])cc2)C[C@H](C)O1. The molecule has 1 aromatic rings. The molecule has 1 aromatic carbocycles. The molecule has 0 bridgehead atoms. The number of morpholine rings is 1. The van der Waals surface area contributed by atoms with Gasteiger partial charge in [-0.15, -0.1) is 0 Å². The van der Waals surface area contributed by atoms with E-state index in [0.29, 0.717) is 13.1 Å². The molecule has 0 saturated carbocycles. The molecule has 108 valence electrons. The van der Waals surface area contributed by atoms with E-state index in [9.17, 15) is 14.9 Å². The molecule has 0 N–H and O–H groups in total. The Balaban J connectivity index is 1.98. The van der Waals surface area contributed by atoms with Crippen molar-refractivity contribution in [3.63, 3.8) is 0 Å². The second-order valence-electron chi connectivity index (χ2n) is 5.16. The highest BCUT2D eigenvalue weighted by atomic mass is 16.6. The van der Waals surface area contributed by atoms with E-state index in [1.807, 2.05) is 13.8 Å². The van der Waals surface area contributed by atoms with Crippen LogP contribution in [0.15, 0.2) is 24.3 Å². The maximum atomic E-state index is 12.2. The molecule has 2 atom stereocenters. The van der Waals surface area contributed by atoms with Crippen LogP contribution in [0.1, 0.15) is 19.4 Å². The van der Waals surface area contributed by atoms with E-state index in [4.69, 9.17) is 4.74 Å². The molecule has 6 nitrogen and oxygen atoms in total. The molecule has 1 heterocycles. The quantitative estimate of drug-likeness (QED) is 0.624. The minimum atomic E-state index is -0.447. The molecule has 0 radical (unpaired) electrons. The molecule has 0 spiro atoms. The number of benzene rings is 1. The predicted octanol–water partition coefficient (Wildman–Crippen LogP) is 1.77. The number of carbonyl (C=O) groups is 1. The molecule has 0 aromatic heterocycles. The molecule has 1 amide bonds. The summed E-state index contributed by atoms with van der Waals surface area (Å²) in [6.45, 7) is 5.08. The molecule has 1 saturated heterocycles. The first kappa shape index (κ1) is 14.5. The average molecular weight is 278 g/mol. The maximum absolute atomic E-state index is 12.2. The Labute approximate surface area is 117 Å².